The molecule has 0 bridgehead atoms. The van der Waals surface area contributed by atoms with Crippen LogP contribution < -0.4 is 0 Å². The fourth-order valence-corrected chi connectivity index (χ4v) is 2.75. The zero-order chi connectivity index (χ0) is 29.4. The molecule has 0 aromatic carbocycles. The van der Waals surface area contributed by atoms with Crippen LogP contribution in [-0.2, 0) is 23.9 Å². The molecule has 1 fully saturated rings. The molecule has 1 heterocycles. The van der Waals surface area contributed by atoms with Gasteiger partial charge in [0.05, 0.1) is 19.4 Å². The van der Waals surface area contributed by atoms with E-state index in [2.05, 4.69) is 4.74 Å². The van der Waals surface area contributed by atoms with Gasteiger partial charge in [0.1, 0.15) is 42.7 Å². The Morgan fingerprint density at radius 1 is 0.784 bits per heavy atom. The minimum Gasteiger partial charge on any atom is -0.505 e. The molecule has 0 aromatic rings. The number of carboxylic acid groups (broad SMARTS) is 3. The van der Waals surface area contributed by atoms with Gasteiger partial charge in [-0.1, -0.05) is 0 Å². The predicted molar refractivity (Wildman–Crippen MR) is 108 cm³/mol. The number of aliphatic hydroxyl groups is 11. The monoisotopic (exact) mass is 548 g/mol. The van der Waals surface area contributed by atoms with Crippen molar-refractivity contribution in [3.8, 4) is 0 Å². The van der Waals surface area contributed by atoms with Crippen LogP contribution in [0.3, 0.4) is 0 Å². The SMILES string of the molecule is O=C(O)CC(O)(CC(=O)O)C(=O)O.O=C1O[C@H]([C@@H](O)CO)C(O)=C1O.O[C@H]1[C@H](O)[C@@H](O)[C@H](O)[C@@H](O)[C@H]1O. The largest absolute Gasteiger partial charge is 0.505 e. The van der Waals surface area contributed by atoms with Gasteiger partial charge in [0.2, 0.25) is 5.76 Å². The van der Waals surface area contributed by atoms with Crippen LogP contribution in [0.4, 0.5) is 0 Å². The van der Waals surface area contributed by atoms with Crippen molar-refractivity contribution in [3.63, 3.8) is 0 Å². The Morgan fingerprint density at radius 3 is 1.30 bits per heavy atom. The summed E-state index contributed by atoms with van der Waals surface area (Å²) >= 11 is 0. The summed E-state index contributed by atoms with van der Waals surface area (Å²) in [5.74, 6) is -7.80. The molecular formula is C18H28O19. The van der Waals surface area contributed by atoms with Gasteiger partial charge < -0.3 is 76.2 Å². The number of hydrogen-bond donors (Lipinski definition) is 14. The first kappa shape index (κ1) is 33.9. The maximum Gasteiger partial charge on any atom is 0.377 e. The molecule has 0 saturated heterocycles. The molecular weight excluding hydrogens is 520 g/mol. The van der Waals surface area contributed by atoms with Crippen LogP contribution >= 0.6 is 0 Å². The summed E-state index contributed by atoms with van der Waals surface area (Å²) in [7, 11) is 0. The summed E-state index contributed by atoms with van der Waals surface area (Å²) in [4.78, 5) is 41.0. The van der Waals surface area contributed by atoms with Crippen LogP contribution in [0, 0.1) is 0 Å². The number of carboxylic acids is 3. The normalized spacial score (nSPS) is 30.2. The van der Waals surface area contributed by atoms with E-state index in [0.717, 1.165) is 0 Å². The summed E-state index contributed by atoms with van der Waals surface area (Å²) in [5, 5.41) is 123. The Kier molecular flexibility index (Phi) is 12.8. The summed E-state index contributed by atoms with van der Waals surface area (Å²) < 4.78 is 4.32. The Labute approximate surface area is 205 Å². The van der Waals surface area contributed by atoms with Crippen molar-refractivity contribution in [2.45, 2.75) is 67.3 Å². The Morgan fingerprint density at radius 2 is 1.11 bits per heavy atom. The van der Waals surface area contributed by atoms with Gasteiger partial charge >= 0.3 is 23.9 Å². The van der Waals surface area contributed by atoms with E-state index in [-0.39, 0.29) is 0 Å². The Balaban J connectivity index is 0.000000526. The van der Waals surface area contributed by atoms with Gasteiger partial charge in [-0.2, -0.15) is 0 Å². The lowest BCUT2D eigenvalue weighted by molar-refractivity contribution is -0.223. The Bertz CT molecular complexity index is 779. The molecule has 0 aromatic heterocycles. The molecule has 0 spiro atoms. The third-order valence-corrected chi connectivity index (χ3v) is 4.86. The first-order valence-electron chi connectivity index (χ1n) is 9.92. The van der Waals surface area contributed by atoms with E-state index in [1.807, 2.05) is 0 Å². The second kappa shape index (κ2) is 14.0. The molecule has 1 aliphatic carbocycles. The van der Waals surface area contributed by atoms with E-state index in [0.29, 0.717) is 0 Å². The van der Waals surface area contributed by atoms with E-state index >= 15 is 0 Å². The first-order chi connectivity index (χ1) is 16.8. The van der Waals surface area contributed by atoms with Crippen molar-refractivity contribution in [3.05, 3.63) is 11.5 Å². The first-order valence-corrected chi connectivity index (χ1v) is 9.92. The molecule has 214 valence electrons. The summed E-state index contributed by atoms with van der Waals surface area (Å²) in [6.07, 6.45) is -14.9. The van der Waals surface area contributed by atoms with Crippen molar-refractivity contribution in [2.75, 3.05) is 6.61 Å². The second-order valence-corrected chi connectivity index (χ2v) is 7.73. The fourth-order valence-electron chi connectivity index (χ4n) is 2.75. The third kappa shape index (κ3) is 9.03. The van der Waals surface area contributed by atoms with Crippen LogP contribution in [0.5, 0.6) is 0 Å². The van der Waals surface area contributed by atoms with Crippen molar-refractivity contribution in [2.24, 2.45) is 0 Å². The van der Waals surface area contributed by atoms with Crippen molar-refractivity contribution in [1.29, 1.82) is 0 Å². The molecule has 2 atom stereocenters. The van der Waals surface area contributed by atoms with Crippen LogP contribution in [0.2, 0.25) is 0 Å². The third-order valence-electron chi connectivity index (χ3n) is 4.86. The number of cyclic esters (lactones) is 1. The zero-order valence-electron chi connectivity index (χ0n) is 18.5. The number of aliphatic hydroxyl groups excluding tert-OH is 10. The lowest BCUT2D eigenvalue weighted by atomic mass is 9.85. The predicted octanol–water partition coefficient (Wildman–Crippen LogP) is -6.49. The van der Waals surface area contributed by atoms with Gasteiger partial charge in [-0.25, -0.2) is 9.59 Å². The van der Waals surface area contributed by atoms with Crippen molar-refractivity contribution in [1.82, 2.24) is 0 Å². The van der Waals surface area contributed by atoms with Crippen molar-refractivity contribution >= 4 is 23.9 Å². The minimum absolute atomic E-state index is 0.671. The van der Waals surface area contributed by atoms with Gasteiger partial charge in [-0.3, -0.25) is 9.59 Å². The fraction of sp³-hybridized carbons (Fsp3) is 0.667. The number of carbonyl (C=O) groups excluding carboxylic acids is 1. The quantitative estimate of drug-likeness (QED) is 0.131. The van der Waals surface area contributed by atoms with E-state index in [1.54, 1.807) is 0 Å². The highest BCUT2D eigenvalue weighted by Gasteiger charge is 2.47. The summed E-state index contributed by atoms with van der Waals surface area (Å²) in [6, 6.07) is 0. The highest BCUT2D eigenvalue weighted by Crippen LogP contribution is 2.22. The van der Waals surface area contributed by atoms with E-state index in [9.17, 15) is 19.2 Å². The summed E-state index contributed by atoms with van der Waals surface area (Å²) in [6.45, 7) is -0.671. The van der Waals surface area contributed by atoms with E-state index < -0.39 is 109 Å². The number of esters is 1. The molecule has 0 amide bonds. The molecule has 2 rings (SSSR count). The molecule has 0 unspecified atom stereocenters. The summed E-state index contributed by atoms with van der Waals surface area (Å²) in [5.41, 5.74) is -2.74. The molecule has 19 heteroatoms. The maximum atomic E-state index is 10.5. The minimum atomic E-state index is -2.74. The topological polar surface area (TPSA) is 361 Å². The lowest BCUT2D eigenvalue weighted by Gasteiger charge is -2.39. The highest BCUT2D eigenvalue weighted by atomic mass is 16.6. The van der Waals surface area contributed by atoms with Crippen LogP contribution in [-0.4, -0.2) is 156 Å². The number of ether oxygens (including phenoxy) is 1. The van der Waals surface area contributed by atoms with Gasteiger partial charge in [-0.15, -0.1) is 0 Å². The molecule has 37 heavy (non-hydrogen) atoms. The molecule has 14 N–H and O–H groups in total. The van der Waals surface area contributed by atoms with E-state index in [4.69, 9.17) is 71.5 Å². The number of hydrogen-bond acceptors (Lipinski definition) is 16. The van der Waals surface area contributed by atoms with Gasteiger partial charge in [0.15, 0.2) is 17.5 Å². The average molecular weight is 548 g/mol. The zero-order valence-corrected chi connectivity index (χ0v) is 18.5. The molecule has 1 aliphatic heterocycles. The lowest BCUT2D eigenvalue weighted by Crippen LogP contribution is -2.63. The standard InChI is InChI=1S/C6H8O7.C6H8O6.C6H12O6/c7-3(8)1-6(13,5(11)12)2-4(9)10;7-1-2(8)5-3(9)4(10)6(11)12-5;7-1-2(8)4(10)6(12)5(11)3(1)9/h13H,1-2H2,(H,7,8)(H,9,10)(H,11,12);2,5,7-10H,1H2;1-12H/t;2-,5+;1-,2-,3-,4+,5-,6-/m.0./s1. The van der Waals surface area contributed by atoms with Crippen LogP contribution in [0.1, 0.15) is 12.8 Å². The number of rotatable bonds is 7. The van der Waals surface area contributed by atoms with Gasteiger partial charge in [0, 0.05) is 0 Å². The highest BCUT2D eigenvalue weighted by molar-refractivity contribution is 5.89. The molecule has 1 saturated carbocycles. The van der Waals surface area contributed by atoms with Gasteiger partial charge in [-0.05, 0) is 0 Å². The van der Waals surface area contributed by atoms with Gasteiger partial charge in [0.25, 0.3) is 0 Å². The maximum absolute atomic E-state index is 10.5. The molecule has 19 nitrogen and oxygen atoms in total. The van der Waals surface area contributed by atoms with Crippen LogP contribution in [0.25, 0.3) is 0 Å². The number of carbonyl (C=O) groups is 4. The molecule has 2 aliphatic rings. The Hall–Kier alpha value is -3.14. The van der Waals surface area contributed by atoms with Crippen LogP contribution in [0.15, 0.2) is 11.5 Å². The number of aliphatic carboxylic acids is 3. The average Bonchev–Trinajstić information content (AvgIpc) is 3.06. The smallest absolute Gasteiger partial charge is 0.377 e. The van der Waals surface area contributed by atoms with Crippen molar-refractivity contribution < 1.29 is 95.4 Å². The second-order valence-electron chi connectivity index (χ2n) is 7.73. The molecule has 0 radical (unpaired) electrons. The van der Waals surface area contributed by atoms with E-state index in [1.165, 1.54) is 0 Å².